The zero-order valence-corrected chi connectivity index (χ0v) is 29.1. The Morgan fingerprint density at radius 3 is 1.79 bits per heavy atom. The Morgan fingerprint density at radius 1 is 0.396 bits per heavy atom. The summed E-state index contributed by atoms with van der Waals surface area (Å²) < 4.78 is 12.5. The van der Waals surface area contributed by atoms with Crippen molar-refractivity contribution in [2.45, 2.75) is 19.3 Å². The first-order chi connectivity index (χ1) is 26.0. The van der Waals surface area contributed by atoms with Crippen LogP contribution in [0.2, 0.25) is 0 Å². The molecule has 0 bridgehead atoms. The molecular formula is C48H31N3O2. The maximum Gasteiger partial charge on any atom is 0.164 e. The van der Waals surface area contributed by atoms with Crippen LogP contribution in [0.3, 0.4) is 0 Å². The Labute approximate surface area is 305 Å². The summed E-state index contributed by atoms with van der Waals surface area (Å²) in [5.74, 6) is 1.83. The summed E-state index contributed by atoms with van der Waals surface area (Å²) in [4.78, 5) is 15.1. The molecule has 0 amide bonds. The topological polar surface area (TPSA) is 65.0 Å². The van der Waals surface area contributed by atoms with Crippen LogP contribution in [-0.4, -0.2) is 15.0 Å². The highest BCUT2D eigenvalue weighted by atomic mass is 16.3. The normalized spacial score (nSPS) is 13.2. The van der Waals surface area contributed by atoms with Gasteiger partial charge in [0.2, 0.25) is 0 Å². The molecule has 0 saturated heterocycles. The fourth-order valence-electron chi connectivity index (χ4n) is 8.37. The van der Waals surface area contributed by atoms with Crippen molar-refractivity contribution < 1.29 is 8.83 Å². The maximum absolute atomic E-state index is 6.30. The molecule has 0 saturated carbocycles. The molecule has 5 heteroatoms. The molecule has 11 rings (SSSR count). The fourth-order valence-corrected chi connectivity index (χ4v) is 8.37. The van der Waals surface area contributed by atoms with E-state index in [1.807, 2.05) is 60.7 Å². The molecule has 3 aromatic heterocycles. The highest BCUT2D eigenvalue weighted by molar-refractivity contribution is 6.11. The van der Waals surface area contributed by atoms with Gasteiger partial charge in [-0.1, -0.05) is 123 Å². The van der Waals surface area contributed by atoms with E-state index in [9.17, 15) is 0 Å². The Bertz CT molecular complexity index is 3100. The summed E-state index contributed by atoms with van der Waals surface area (Å²) in [5.41, 5.74) is 13.5. The molecule has 1 aliphatic carbocycles. The monoisotopic (exact) mass is 681 g/mol. The van der Waals surface area contributed by atoms with E-state index in [0.717, 1.165) is 66.3 Å². The number of aromatic nitrogens is 3. The van der Waals surface area contributed by atoms with Crippen LogP contribution in [0.15, 0.2) is 160 Å². The van der Waals surface area contributed by atoms with Gasteiger partial charge in [0, 0.05) is 43.7 Å². The predicted molar refractivity (Wildman–Crippen MR) is 214 cm³/mol. The summed E-state index contributed by atoms with van der Waals surface area (Å²) in [7, 11) is 0. The standard InChI is InChI=1S/C48H31N3O2/c1-48(2)38-23-20-30(26-37(38)35-22-24-41-43(44(35)48)36-16-7-9-18-40(36)52-41)29-13-10-14-31(25-29)46-49-45(28-11-4-3-5-12-28)50-47(51-46)32-19-21-34-33-15-6-8-17-39(33)53-42(34)27-32/h3-27H,1-2H3. The van der Waals surface area contributed by atoms with E-state index < -0.39 is 0 Å². The van der Waals surface area contributed by atoms with Gasteiger partial charge >= 0.3 is 0 Å². The highest BCUT2D eigenvalue weighted by Crippen LogP contribution is 2.53. The van der Waals surface area contributed by atoms with Gasteiger partial charge in [0.05, 0.1) is 0 Å². The lowest BCUT2D eigenvalue weighted by Crippen LogP contribution is -2.15. The van der Waals surface area contributed by atoms with Crippen LogP contribution in [-0.2, 0) is 5.41 Å². The minimum atomic E-state index is -0.183. The summed E-state index contributed by atoms with van der Waals surface area (Å²) >= 11 is 0. The number of benzene rings is 7. The lowest BCUT2D eigenvalue weighted by atomic mass is 9.80. The van der Waals surface area contributed by atoms with Crippen LogP contribution in [0.25, 0.3) is 100 Å². The van der Waals surface area contributed by atoms with Crippen molar-refractivity contribution in [1.29, 1.82) is 0 Å². The van der Waals surface area contributed by atoms with Gasteiger partial charge in [-0.05, 0) is 75.8 Å². The summed E-state index contributed by atoms with van der Waals surface area (Å²) in [6.45, 7) is 4.65. The fraction of sp³-hybridized carbons (Fsp3) is 0.0625. The minimum absolute atomic E-state index is 0.183. The molecule has 7 aromatic carbocycles. The number of fused-ring (bicyclic) bond motifs is 10. The van der Waals surface area contributed by atoms with Crippen LogP contribution in [0.5, 0.6) is 0 Å². The van der Waals surface area contributed by atoms with E-state index in [0.29, 0.717) is 17.5 Å². The molecule has 10 aromatic rings. The predicted octanol–water partition coefficient (Wildman–Crippen LogP) is 12.6. The minimum Gasteiger partial charge on any atom is -0.456 e. The first-order valence-corrected chi connectivity index (χ1v) is 17.9. The molecule has 250 valence electrons. The van der Waals surface area contributed by atoms with Crippen LogP contribution in [0, 0.1) is 0 Å². The van der Waals surface area contributed by atoms with Crippen LogP contribution in [0.1, 0.15) is 25.0 Å². The van der Waals surface area contributed by atoms with E-state index in [1.165, 1.54) is 27.6 Å². The number of rotatable bonds is 4. The highest BCUT2D eigenvalue weighted by Gasteiger charge is 2.38. The Hall–Kier alpha value is -6.85. The van der Waals surface area contributed by atoms with Gasteiger partial charge < -0.3 is 8.83 Å². The Kier molecular flexibility index (Phi) is 6.23. The second-order valence-corrected chi connectivity index (χ2v) is 14.4. The van der Waals surface area contributed by atoms with E-state index in [-0.39, 0.29) is 5.41 Å². The zero-order chi connectivity index (χ0) is 35.3. The van der Waals surface area contributed by atoms with Crippen molar-refractivity contribution in [3.63, 3.8) is 0 Å². The molecule has 5 nitrogen and oxygen atoms in total. The number of furan rings is 2. The zero-order valence-electron chi connectivity index (χ0n) is 29.1. The third-order valence-corrected chi connectivity index (χ3v) is 10.9. The second kappa shape index (κ2) is 11.1. The SMILES string of the molecule is CC1(C)c2ccc(-c3cccc(-c4nc(-c5ccccc5)nc(-c5ccc6c(c5)oc5ccccc56)n4)c3)cc2-c2ccc3oc4ccccc4c3c21. The third kappa shape index (κ3) is 4.54. The van der Waals surface area contributed by atoms with Crippen molar-refractivity contribution in [2.24, 2.45) is 0 Å². The number of nitrogens with zero attached hydrogens (tertiary/aromatic N) is 3. The van der Waals surface area contributed by atoms with Gasteiger partial charge in [-0.25, -0.2) is 15.0 Å². The number of para-hydroxylation sites is 2. The quantitative estimate of drug-likeness (QED) is 0.185. The number of hydrogen-bond donors (Lipinski definition) is 0. The second-order valence-electron chi connectivity index (χ2n) is 14.4. The van der Waals surface area contributed by atoms with Crippen molar-refractivity contribution in [1.82, 2.24) is 15.0 Å². The Morgan fingerprint density at radius 2 is 0.981 bits per heavy atom. The van der Waals surface area contributed by atoms with Crippen molar-refractivity contribution in [2.75, 3.05) is 0 Å². The summed E-state index contributed by atoms with van der Waals surface area (Å²) in [5, 5.41) is 4.53. The first kappa shape index (κ1) is 29.8. The van der Waals surface area contributed by atoms with Crippen molar-refractivity contribution in [3.05, 3.63) is 163 Å². The lowest BCUT2D eigenvalue weighted by molar-refractivity contribution is 0.657. The van der Waals surface area contributed by atoms with Crippen molar-refractivity contribution >= 4 is 43.9 Å². The lowest BCUT2D eigenvalue weighted by Gasteiger charge is -2.22. The molecular weight excluding hydrogens is 651 g/mol. The molecule has 0 radical (unpaired) electrons. The largest absolute Gasteiger partial charge is 0.456 e. The average molecular weight is 682 g/mol. The molecule has 0 aliphatic heterocycles. The van der Waals surface area contributed by atoms with Crippen molar-refractivity contribution in [3.8, 4) is 56.4 Å². The molecule has 0 unspecified atom stereocenters. The molecule has 0 spiro atoms. The summed E-state index contributed by atoms with van der Waals surface area (Å²) in [6, 6.07) is 52.5. The average Bonchev–Trinajstić information content (AvgIpc) is 3.85. The third-order valence-electron chi connectivity index (χ3n) is 10.9. The van der Waals surface area contributed by atoms with Gasteiger partial charge in [0.1, 0.15) is 22.3 Å². The van der Waals surface area contributed by atoms with Gasteiger partial charge in [-0.3, -0.25) is 0 Å². The maximum atomic E-state index is 6.30. The molecule has 0 fully saturated rings. The van der Waals surface area contributed by atoms with Gasteiger partial charge in [0.25, 0.3) is 0 Å². The van der Waals surface area contributed by atoms with Crippen LogP contribution in [0.4, 0.5) is 0 Å². The number of hydrogen-bond acceptors (Lipinski definition) is 5. The summed E-state index contributed by atoms with van der Waals surface area (Å²) in [6.07, 6.45) is 0. The van der Waals surface area contributed by atoms with E-state index >= 15 is 0 Å². The van der Waals surface area contributed by atoms with Gasteiger partial charge in [-0.15, -0.1) is 0 Å². The first-order valence-electron chi connectivity index (χ1n) is 17.9. The van der Waals surface area contributed by atoms with E-state index in [4.69, 9.17) is 23.8 Å². The van der Waals surface area contributed by atoms with Gasteiger partial charge in [-0.2, -0.15) is 0 Å². The molecule has 0 N–H and O–H groups in total. The van der Waals surface area contributed by atoms with Gasteiger partial charge in [0.15, 0.2) is 17.5 Å². The van der Waals surface area contributed by atoms with E-state index in [2.05, 4.69) is 105 Å². The molecule has 53 heavy (non-hydrogen) atoms. The smallest absolute Gasteiger partial charge is 0.164 e. The molecule has 0 atom stereocenters. The molecule has 1 aliphatic rings. The Balaban J connectivity index is 1.04. The molecule has 3 heterocycles. The van der Waals surface area contributed by atoms with Crippen LogP contribution >= 0.6 is 0 Å². The van der Waals surface area contributed by atoms with E-state index in [1.54, 1.807) is 0 Å². The van der Waals surface area contributed by atoms with Crippen LogP contribution < -0.4 is 0 Å².